The van der Waals surface area contributed by atoms with E-state index in [1.807, 2.05) is 0 Å². The maximum absolute atomic E-state index is 13.0. The fourth-order valence-corrected chi connectivity index (χ4v) is 0.964. The highest BCUT2D eigenvalue weighted by atomic mass is 35.5. The lowest BCUT2D eigenvalue weighted by atomic mass is 10.3. The largest absolute Gasteiger partial charge is 0.481 e. The number of aromatic nitrogens is 1. The number of pyridine rings is 1. The van der Waals surface area contributed by atoms with Crippen molar-refractivity contribution in [3.05, 3.63) is 34.9 Å². The van der Waals surface area contributed by atoms with Gasteiger partial charge in [0.1, 0.15) is 5.82 Å². The van der Waals surface area contributed by atoms with Crippen LogP contribution >= 0.6 is 11.6 Å². The summed E-state index contributed by atoms with van der Waals surface area (Å²) in [4.78, 5) is 13.8. The molecule has 74 valence electrons. The summed E-state index contributed by atoms with van der Waals surface area (Å²) in [5, 5.41) is 8.52. The lowest BCUT2D eigenvalue weighted by molar-refractivity contribution is -0.135. The lowest BCUT2D eigenvalue weighted by Crippen LogP contribution is -1.91. The first-order valence-corrected chi connectivity index (χ1v) is 4.17. The van der Waals surface area contributed by atoms with Crippen LogP contribution in [0.25, 0.3) is 6.08 Å². The molecule has 1 N–H and O–H groups in total. The number of hydrogen-bond donors (Lipinski definition) is 1. The van der Waals surface area contributed by atoms with Gasteiger partial charge in [0.2, 0.25) is 0 Å². The molecule has 0 radical (unpaired) electrons. The third kappa shape index (κ3) is 3.14. The van der Waals surface area contributed by atoms with Crippen LogP contribution in [0.2, 0.25) is 5.02 Å². The number of carbonyl (C=O) groups is 1. The van der Waals surface area contributed by atoms with Crippen LogP contribution < -0.4 is 0 Å². The number of halogens is 2. The zero-order chi connectivity index (χ0) is 10.6. The van der Waals surface area contributed by atoms with Crippen molar-refractivity contribution in [1.29, 1.82) is 0 Å². The van der Waals surface area contributed by atoms with Gasteiger partial charge in [-0.1, -0.05) is 17.7 Å². The molecule has 3 nitrogen and oxygen atoms in total. The Morgan fingerprint density at radius 3 is 3.00 bits per heavy atom. The van der Waals surface area contributed by atoms with E-state index in [4.69, 9.17) is 16.7 Å². The molecule has 14 heavy (non-hydrogen) atoms. The minimum atomic E-state index is -0.976. The molecule has 5 heteroatoms. The van der Waals surface area contributed by atoms with Gasteiger partial charge < -0.3 is 5.11 Å². The van der Waals surface area contributed by atoms with E-state index in [1.54, 1.807) is 0 Å². The van der Waals surface area contributed by atoms with Crippen LogP contribution in [0.3, 0.4) is 0 Å². The van der Waals surface area contributed by atoms with Gasteiger partial charge in [-0.15, -0.1) is 0 Å². The van der Waals surface area contributed by atoms with Crippen LogP contribution in [0.1, 0.15) is 12.1 Å². The Balaban J connectivity index is 2.76. The first-order valence-electron chi connectivity index (χ1n) is 3.79. The van der Waals surface area contributed by atoms with Gasteiger partial charge in [-0.25, -0.2) is 4.39 Å². The molecule has 1 rings (SSSR count). The number of rotatable bonds is 3. The van der Waals surface area contributed by atoms with Crippen molar-refractivity contribution < 1.29 is 14.3 Å². The summed E-state index contributed by atoms with van der Waals surface area (Å²) in [5.74, 6) is -1.55. The van der Waals surface area contributed by atoms with E-state index in [2.05, 4.69) is 4.98 Å². The smallest absolute Gasteiger partial charge is 0.307 e. The maximum atomic E-state index is 13.0. The van der Waals surface area contributed by atoms with Crippen molar-refractivity contribution in [1.82, 2.24) is 4.98 Å². The van der Waals surface area contributed by atoms with E-state index in [0.717, 1.165) is 6.07 Å². The molecule has 0 saturated carbocycles. The number of hydrogen-bond acceptors (Lipinski definition) is 2. The van der Waals surface area contributed by atoms with Crippen LogP contribution in [0.4, 0.5) is 4.39 Å². The van der Waals surface area contributed by atoms with Gasteiger partial charge in [-0.3, -0.25) is 9.78 Å². The van der Waals surface area contributed by atoms with E-state index < -0.39 is 11.8 Å². The maximum Gasteiger partial charge on any atom is 0.307 e. The molecule has 0 fully saturated rings. The van der Waals surface area contributed by atoms with E-state index in [0.29, 0.717) is 0 Å². The summed E-state index contributed by atoms with van der Waals surface area (Å²) >= 11 is 5.48. The fourth-order valence-electron chi connectivity index (χ4n) is 0.819. The summed E-state index contributed by atoms with van der Waals surface area (Å²) in [6.07, 6.45) is 3.76. The summed E-state index contributed by atoms with van der Waals surface area (Å²) < 4.78 is 13.0. The molecule has 0 spiro atoms. The van der Waals surface area contributed by atoms with Gasteiger partial charge in [0, 0.05) is 6.20 Å². The Hall–Kier alpha value is -1.42. The third-order valence-corrected chi connectivity index (χ3v) is 1.61. The summed E-state index contributed by atoms with van der Waals surface area (Å²) in [6, 6.07) is 1.12. The molecule has 0 aliphatic heterocycles. The number of aliphatic carboxylic acids is 1. The van der Waals surface area contributed by atoms with Gasteiger partial charge in [0.05, 0.1) is 17.1 Å². The van der Waals surface area contributed by atoms with Gasteiger partial charge >= 0.3 is 5.97 Å². The average molecular weight is 216 g/mol. The Labute approximate surface area is 84.8 Å². The predicted octanol–water partition coefficient (Wildman–Crippen LogP) is 2.36. The predicted molar refractivity (Wildman–Crippen MR) is 50.5 cm³/mol. The highest BCUT2D eigenvalue weighted by Crippen LogP contribution is 2.12. The van der Waals surface area contributed by atoms with Crippen LogP contribution in [-0.4, -0.2) is 16.1 Å². The molecule has 0 aromatic carbocycles. The summed E-state index contributed by atoms with van der Waals surface area (Å²) in [6.45, 7) is 0. The molecule has 0 saturated heterocycles. The topological polar surface area (TPSA) is 50.2 Å². The first-order chi connectivity index (χ1) is 6.59. The van der Waals surface area contributed by atoms with E-state index in [-0.39, 0.29) is 17.1 Å². The molecule has 1 aromatic heterocycles. The van der Waals surface area contributed by atoms with E-state index >= 15 is 0 Å². The summed E-state index contributed by atoms with van der Waals surface area (Å²) in [5.41, 5.74) is 0.0793. The normalized spacial score (nSPS) is 10.7. The molecular weight excluding hydrogens is 209 g/mol. The third-order valence-electron chi connectivity index (χ3n) is 1.40. The quantitative estimate of drug-likeness (QED) is 0.842. The van der Waals surface area contributed by atoms with Crippen molar-refractivity contribution in [2.45, 2.75) is 6.42 Å². The van der Waals surface area contributed by atoms with Crippen molar-refractivity contribution in [2.75, 3.05) is 0 Å². The molecule has 0 aliphatic carbocycles. The minimum Gasteiger partial charge on any atom is -0.481 e. The van der Waals surface area contributed by atoms with Gasteiger partial charge in [-0.05, 0) is 12.1 Å². The van der Waals surface area contributed by atoms with Gasteiger partial charge in [0.15, 0.2) is 0 Å². The molecule has 0 bridgehead atoms. The highest BCUT2D eigenvalue weighted by Gasteiger charge is 2.00. The zero-order valence-electron chi connectivity index (χ0n) is 7.08. The Bertz CT molecular complexity index is 379. The van der Waals surface area contributed by atoms with E-state index in [1.165, 1.54) is 18.3 Å². The Morgan fingerprint density at radius 2 is 2.43 bits per heavy atom. The minimum absolute atomic E-state index is 0.0793. The van der Waals surface area contributed by atoms with Crippen molar-refractivity contribution in [3.8, 4) is 0 Å². The van der Waals surface area contributed by atoms with Crippen LogP contribution in [0.15, 0.2) is 18.3 Å². The monoisotopic (exact) mass is 215 g/mol. The number of carboxylic acid groups (broad SMARTS) is 1. The molecule has 0 unspecified atom stereocenters. The van der Waals surface area contributed by atoms with Gasteiger partial charge in [0.25, 0.3) is 0 Å². The first kappa shape index (κ1) is 10.7. The van der Waals surface area contributed by atoms with Crippen molar-refractivity contribution in [3.63, 3.8) is 0 Å². The SMILES string of the molecule is O=C(O)CC=Cc1ncc(Cl)cc1F. The number of carboxylic acids is 1. The van der Waals surface area contributed by atoms with Crippen LogP contribution in [0, 0.1) is 5.82 Å². The second kappa shape index (κ2) is 4.72. The highest BCUT2D eigenvalue weighted by molar-refractivity contribution is 6.30. The molecule has 0 amide bonds. The molecule has 1 heterocycles. The van der Waals surface area contributed by atoms with Crippen LogP contribution in [0.5, 0.6) is 0 Å². The zero-order valence-corrected chi connectivity index (χ0v) is 7.83. The van der Waals surface area contributed by atoms with Crippen molar-refractivity contribution >= 4 is 23.6 Å². The molecule has 0 aliphatic rings. The Kier molecular flexibility index (Phi) is 3.59. The second-order valence-corrected chi connectivity index (χ2v) is 2.96. The average Bonchev–Trinajstić information content (AvgIpc) is 2.08. The van der Waals surface area contributed by atoms with Crippen molar-refractivity contribution in [2.24, 2.45) is 0 Å². The second-order valence-electron chi connectivity index (χ2n) is 2.52. The Morgan fingerprint density at radius 1 is 1.71 bits per heavy atom. The number of nitrogens with zero attached hydrogens (tertiary/aromatic N) is 1. The fraction of sp³-hybridized carbons (Fsp3) is 0.111. The van der Waals surface area contributed by atoms with E-state index in [9.17, 15) is 9.18 Å². The van der Waals surface area contributed by atoms with Gasteiger partial charge in [-0.2, -0.15) is 0 Å². The molecule has 0 atom stereocenters. The lowest BCUT2D eigenvalue weighted by Gasteiger charge is -1.95. The molecular formula is C9H7ClFNO2. The van der Waals surface area contributed by atoms with Crippen LogP contribution in [-0.2, 0) is 4.79 Å². The summed E-state index contributed by atoms with van der Waals surface area (Å²) in [7, 11) is 0. The standard InChI is InChI=1S/C9H7ClFNO2/c10-6-4-7(11)8(12-5-6)2-1-3-9(13)14/h1-2,4-5H,3H2,(H,13,14). The molecule has 1 aromatic rings.